The van der Waals surface area contributed by atoms with Crippen molar-refractivity contribution in [3.05, 3.63) is 35.5 Å². The standard InChI is InChI=1S/C12H14/c1-3-9-7-8-10-4-2-6-12(10)11(9)5-1/h1,5,7-9,11H,2-4,6H2. The molecule has 3 rings (SSSR count). The van der Waals surface area contributed by atoms with Gasteiger partial charge in [-0.15, -0.1) is 0 Å². The van der Waals surface area contributed by atoms with Gasteiger partial charge in [0.05, 0.1) is 0 Å². The second kappa shape index (κ2) is 2.35. The molecule has 0 heteroatoms. The van der Waals surface area contributed by atoms with E-state index in [1.807, 2.05) is 0 Å². The molecule has 0 spiro atoms. The van der Waals surface area contributed by atoms with Crippen molar-refractivity contribution in [3.8, 4) is 0 Å². The molecule has 0 aromatic carbocycles. The van der Waals surface area contributed by atoms with Gasteiger partial charge in [-0.3, -0.25) is 0 Å². The van der Waals surface area contributed by atoms with Gasteiger partial charge in [0.2, 0.25) is 0 Å². The van der Waals surface area contributed by atoms with Crippen LogP contribution in [0.2, 0.25) is 0 Å². The summed E-state index contributed by atoms with van der Waals surface area (Å²) < 4.78 is 0. The smallest absolute Gasteiger partial charge is 0.00485 e. The lowest BCUT2D eigenvalue weighted by Gasteiger charge is -2.22. The van der Waals surface area contributed by atoms with Gasteiger partial charge in [-0.25, -0.2) is 0 Å². The molecule has 2 atom stereocenters. The van der Waals surface area contributed by atoms with Crippen molar-refractivity contribution < 1.29 is 0 Å². The molecule has 0 aromatic rings. The Morgan fingerprint density at radius 3 is 3.17 bits per heavy atom. The van der Waals surface area contributed by atoms with Crippen molar-refractivity contribution >= 4 is 0 Å². The van der Waals surface area contributed by atoms with E-state index in [2.05, 4.69) is 24.3 Å². The lowest BCUT2D eigenvalue weighted by Crippen LogP contribution is -2.11. The highest BCUT2D eigenvalue weighted by Crippen LogP contribution is 2.44. The van der Waals surface area contributed by atoms with Gasteiger partial charge in [-0.1, -0.05) is 29.9 Å². The van der Waals surface area contributed by atoms with Crippen LogP contribution in [0.5, 0.6) is 0 Å². The van der Waals surface area contributed by atoms with E-state index in [1.54, 1.807) is 11.1 Å². The molecule has 2 unspecified atom stereocenters. The molecule has 0 aromatic heterocycles. The minimum absolute atomic E-state index is 0.799. The fourth-order valence-electron chi connectivity index (χ4n) is 2.85. The third-order valence-electron chi connectivity index (χ3n) is 3.46. The second-order valence-corrected chi connectivity index (χ2v) is 4.12. The van der Waals surface area contributed by atoms with E-state index in [1.165, 1.54) is 25.7 Å². The molecule has 3 aliphatic carbocycles. The van der Waals surface area contributed by atoms with Crippen LogP contribution in [0.25, 0.3) is 0 Å². The van der Waals surface area contributed by atoms with Gasteiger partial charge >= 0.3 is 0 Å². The summed E-state index contributed by atoms with van der Waals surface area (Å²) >= 11 is 0. The summed E-state index contributed by atoms with van der Waals surface area (Å²) in [5.41, 5.74) is 3.42. The van der Waals surface area contributed by atoms with E-state index in [-0.39, 0.29) is 0 Å². The van der Waals surface area contributed by atoms with E-state index < -0.39 is 0 Å². The topological polar surface area (TPSA) is 0 Å². The Bertz CT molecular complexity index is 291. The summed E-state index contributed by atoms with van der Waals surface area (Å²) in [6, 6.07) is 0. The summed E-state index contributed by atoms with van der Waals surface area (Å²) in [5, 5.41) is 0. The predicted molar refractivity (Wildman–Crippen MR) is 50.8 cm³/mol. The van der Waals surface area contributed by atoms with Crippen LogP contribution in [0.1, 0.15) is 25.7 Å². The number of fused-ring (bicyclic) bond motifs is 2. The molecule has 0 bridgehead atoms. The van der Waals surface area contributed by atoms with E-state index >= 15 is 0 Å². The molecule has 12 heavy (non-hydrogen) atoms. The molecule has 0 heterocycles. The zero-order chi connectivity index (χ0) is 7.97. The summed E-state index contributed by atoms with van der Waals surface area (Å²) in [7, 11) is 0. The van der Waals surface area contributed by atoms with Crippen LogP contribution in [0.4, 0.5) is 0 Å². The minimum atomic E-state index is 0.799. The van der Waals surface area contributed by atoms with Gasteiger partial charge in [-0.2, -0.15) is 0 Å². The van der Waals surface area contributed by atoms with Crippen molar-refractivity contribution in [2.45, 2.75) is 25.7 Å². The Morgan fingerprint density at radius 1 is 1.17 bits per heavy atom. The van der Waals surface area contributed by atoms with Crippen molar-refractivity contribution in [3.63, 3.8) is 0 Å². The Hall–Kier alpha value is -0.780. The third-order valence-corrected chi connectivity index (χ3v) is 3.46. The molecule has 0 nitrogen and oxygen atoms in total. The fraction of sp³-hybridized carbons (Fsp3) is 0.500. The van der Waals surface area contributed by atoms with E-state index in [0.29, 0.717) is 0 Å². The summed E-state index contributed by atoms with van der Waals surface area (Å²) in [5.74, 6) is 1.62. The Labute approximate surface area is 73.7 Å². The predicted octanol–water partition coefficient (Wildman–Crippen LogP) is 3.23. The maximum Gasteiger partial charge on any atom is 0.00485 e. The maximum atomic E-state index is 2.43. The number of hydrogen-bond acceptors (Lipinski definition) is 0. The number of rotatable bonds is 0. The molecule has 3 aliphatic rings. The molecule has 0 aliphatic heterocycles. The van der Waals surface area contributed by atoms with Gasteiger partial charge in [0, 0.05) is 5.92 Å². The first-order valence-corrected chi connectivity index (χ1v) is 5.02. The Kier molecular flexibility index (Phi) is 1.31. The van der Waals surface area contributed by atoms with Crippen LogP contribution in [0, 0.1) is 11.8 Å². The van der Waals surface area contributed by atoms with Crippen molar-refractivity contribution in [1.82, 2.24) is 0 Å². The van der Waals surface area contributed by atoms with Crippen molar-refractivity contribution in [2.24, 2.45) is 11.8 Å². The van der Waals surface area contributed by atoms with Gasteiger partial charge in [0.15, 0.2) is 0 Å². The van der Waals surface area contributed by atoms with E-state index in [4.69, 9.17) is 0 Å². The first-order valence-electron chi connectivity index (χ1n) is 5.02. The zero-order valence-corrected chi connectivity index (χ0v) is 7.29. The van der Waals surface area contributed by atoms with Crippen molar-refractivity contribution in [1.29, 1.82) is 0 Å². The highest BCUT2D eigenvalue weighted by Gasteiger charge is 2.30. The molecule has 0 radical (unpaired) electrons. The summed E-state index contributed by atoms with van der Waals surface area (Å²) in [6.45, 7) is 0. The Morgan fingerprint density at radius 2 is 2.17 bits per heavy atom. The van der Waals surface area contributed by atoms with Gasteiger partial charge < -0.3 is 0 Å². The average Bonchev–Trinajstić information content (AvgIpc) is 2.71. The second-order valence-electron chi connectivity index (χ2n) is 4.12. The molecule has 62 valence electrons. The fourth-order valence-corrected chi connectivity index (χ4v) is 2.85. The molecule has 0 saturated carbocycles. The first-order chi connectivity index (χ1) is 5.95. The minimum Gasteiger partial charge on any atom is -0.0873 e. The number of hydrogen-bond donors (Lipinski definition) is 0. The SMILES string of the molecule is C1=CC2C3=C(C=CC2C1)CCC3. The van der Waals surface area contributed by atoms with Crippen LogP contribution < -0.4 is 0 Å². The highest BCUT2D eigenvalue weighted by molar-refractivity contribution is 5.40. The zero-order valence-electron chi connectivity index (χ0n) is 7.29. The van der Waals surface area contributed by atoms with E-state index in [9.17, 15) is 0 Å². The van der Waals surface area contributed by atoms with E-state index in [0.717, 1.165) is 11.8 Å². The van der Waals surface area contributed by atoms with Crippen molar-refractivity contribution in [2.75, 3.05) is 0 Å². The summed E-state index contributed by atoms with van der Waals surface area (Å²) in [4.78, 5) is 0. The molecule has 0 saturated heterocycles. The van der Waals surface area contributed by atoms with Gasteiger partial charge in [-0.05, 0) is 37.2 Å². The molecular weight excluding hydrogens is 144 g/mol. The van der Waals surface area contributed by atoms with Gasteiger partial charge in [0.25, 0.3) is 0 Å². The summed E-state index contributed by atoms with van der Waals surface area (Å²) in [6.07, 6.45) is 15.0. The van der Waals surface area contributed by atoms with Crippen LogP contribution in [0.15, 0.2) is 35.5 Å². The lowest BCUT2D eigenvalue weighted by molar-refractivity contribution is 0.556. The Balaban J connectivity index is 2.03. The molecular formula is C12H14. The van der Waals surface area contributed by atoms with Crippen LogP contribution >= 0.6 is 0 Å². The van der Waals surface area contributed by atoms with Crippen LogP contribution in [-0.2, 0) is 0 Å². The molecule has 0 fully saturated rings. The van der Waals surface area contributed by atoms with Crippen LogP contribution in [-0.4, -0.2) is 0 Å². The quantitative estimate of drug-likeness (QED) is 0.475. The molecule has 0 N–H and O–H groups in total. The number of allylic oxidation sites excluding steroid dienone is 6. The molecule has 0 amide bonds. The first kappa shape index (κ1) is 6.71. The monoisotopic (exact) mass is 158 g/mol. The van der Waals surface area contributed by atoms with Gasteiger partial charge in [0.1, 0.15) is 0 Å². The van der Waals surface area contributed by atoms with Crippen LogP contribution in [0.3, 0.4) is 0 Å². The third kappa shape index (κ3) is 0.782. The normalized spacial score (nSPS) is 37.3. The maximum absolute atomic E-state index is 2.43. The average molecular weight is 158 g/mol. The highest BCUT2D eigenvalue weighted by atomic mass is 14.3. The largest absolute Gasteiger partial charge is 0.0873 e. The lowest BCUT2D eigenvalue weighted by atomic mass is 9.82.